The molecule has 1 aromatic rings. The van der Waals surface area contributed by atoms with Gasteiger partial charge in [-0.15, -0.1) is 0 Å². The summed E-state index contributed by atoms with van der Waals surface area (Å²) in [5.41, 5.74) is 7.21. The Balaban J connectivity index is 1.82. The monoisotopic (exact) mass is 307 g/mol. The van der Waals surface area contributed by atoms with Crippen molar-refractivity contribution in [3.8, 4) is 5.75 Å². The molecule has 1 fully saturated rings. The molecule has 1 aliphatic heterocycles. The number of benzene rings is 1. The zero-order valence-corrected chi connectivity index (χ0v) is 13.3. The number of aliphatic hydroxyl groups excluding tert-OH is 1. The molecular formula is C16H25N3O3. The first kappa shape index (κ1) is 16.6. The summed E-state index contributed by atoms with van der Waals surface area (Å²) in [6, 6.07) is 5.38. The van der Waals surface area contributed by atoms with E-state index in [0.717, 1.165) is 38.3 Å². The fourth-order valence-electron chi connectivity index (χ4n) is 2.72. The van der Waals surface area contributed by atoms with E-state index in [1.54, 1.807) is 26.2 Å². The Morgan fingerprint density at radius 2 is 2.05 bits per heavy atom. The molecule has 0 bridgehead atoms. The van der Waals surface area contributed by atoms with Crippen LogP contribution in [0, 0.1) is 0 Å². The van der Waals surface area contributed by atoms with Crippen molar-refractivity contribution >= 4 is 11.6 Å². The molecular weight excluding hydrogens is 282 g/mol. The van der Waals surface area contributed by atoms with Gasteiger partial charge in [0, 0.05) is 39.6 Å². The van der Waals surface area contributed by atoms with Gasteiger partial charge in [0.1, 0.15) is 5.75 Å². The zero-order valence-electron chi connectivity index (χ0n) is 13.3. The normalized spacial score (nSPS) is 17.3. The maximum Gasteiger partial charge on any atom is 0.219 e. The van der Waals surface area contributed by atoms with Crippen LogP contribution in [0.4, 0.5) is 5.69 Å². The van der Waals surface area contributed by atoms with Crippen molar-refractivity contribution < 1.29 is 14.6 Å². The van der Waals surface area contributed by atoms with E-state index in [4.69, 9.17) is 10.5 Å². The van der Waals surface area contributed by atoms with E-state index in [2.05, 4.69) is 4.90 Å². The van der Waals surface area contributed by atoms with Gasteiger partial charge in [-0.3, -0.25) is 9.69 Å². The van der Waals surface area contributed by atoms with E-state index >= 15 is 0 Å². The molecule has 1 atom stereocenters. The number of anilines is 1. The molecule has 1 saturated heterocycles. The predicted octanol–water partition coefficient (Wildman–Crippen LogP) is 0.865. The highest BCUT2D eigenvalue weighted by molar-refractivity contribution is 5.73. The van der Waals surface area contributed by atoms with Gasteiger partial charge in [0.25, 0.3) is 0 Å². The molecule has 0 radical (unpaired) electrons. The fraction of sp³-hybridized carbons (Fsp3) is 0.562. The number of aliphatic hydroxyl groups is 1. The summed E-state index contributed by atoms with van der Waals surface area (Å²) >= 11 is 0. The molecule has 0 aromatic heterocycles. The molecule has 122 valence electrons. The molecule has 0 aliphatic carbocycles. The molecule has 2 rings (SSSR count). The van der Waals surface area contributed by atoms with Crippen LogP contribution in [-0.4, -0.2) is 60.6 Å². The molecule has 3 N–H and O–H groups in total. The largest absolute Gasteiger partial charge is 0.495 e. The summed E-state index contributed by atoms with van der Waals surface area (Å²) in [6.45, 7) is 5.66. The van der Waals surface area contributed by atoms with Gasteiger partial charge in [-0.1, -0.05) is 6.07 Å². The van der Waals surface area contributed by atoms with Gasteiger partial charge in [-0.2, -0.15) is 0 Å². The minimum absolute atomic E-state index is 0.133. The Kier molecular flexibility index (Phi) is 5.63. The summed E-state index contributed by atoms with van der Waals surface area (Å²) in [4.78, 5) is 15.4. The number of nitrogens with two attached hydrogens (primary N) is 1. The first-order valence-corrected chi connectivity index (χ1v) is 7.60. The summed E-state index contributed by atoms with van der Waals surface area (Å²) in [6.07, 6.45) is 0.102. The van der Waals surface area contributed by atoms with Crippen molar-refractivity contribution in [2.24, 2.45) is 0 Å². The summed E-state index contributed by atoms with van der Waals surface area (Å²) in [7, 11) is 1.57. The van der Waals surface area contributed by atoms with E-state index < -0.39 is 6.10 Å². The van der Waals surface area contributed by atoms with Gasteiger partial charge in [0.2, 0.25) is 5.91 Å². The van der Waals surface area contributed by atoms with Crippen LogP contribution in [0.2, 0.25) is 0 Å². The second kappa shape index (κ2) is 7.47. The topological polar surface area (TPSA) is 79.0 Å². The van der Waals surface area contributed by atoms with Crippen LogP contribution in [0.5, 0.6) is 5.75 Å². The number of hydrogen-bond acceptors (Lipinski definition) is 5. The SMILES string of the molecule is COc1ccc(C(O)CCN2CCN(C(C)=O)CC2)cc1N. The van der Waals surface area contributed by atoms with Crippen LogP contribution in [-0.2, 0) is 4.79 Å². The van der Waals surface area contributed by atoms with Gasteiger partial charge < -0.3 is 20.5 Å². The van der Waals surface area contributed by atoms with Gasteiger partial charge in [0.05, 0.1) is 18.9 Å². The van der Waals surface area contributed by atoms with Gasteiger partial charge in [-0.05, 0) is 24.1 Å². The first-order chi connectivity index (χ1) is 10.5. The highest BCUT2D eigenvalue weighted by atomic mass is 16.5. The average molecular weight is 307 g/mol. The van der Waals surface area contributed by atoms with Crippen molar-refractivity contribution in [2.45, 2.75) is 19.4 Å². The van der Waals surface area contributed by atoms with E-state index in [0.29, 0.717) is 17.9 Å². The number of carbonyl (C=O) groups is 1. The maximum atomic E-state index is 11.3. The van der Waals surface area contributed by atoms with Crippen molar-refractivity contribution in [2.75, 3.05) is 45.6 Å². The number of hydrogen-bond donors (Lipinski definition) is 2. The average Bonchev–Trinajstić information content (AvgIpc) is 2.52. The quantitative estimate of drug-likeness (QED) is 0.789. The molecule has 1 unspecified atom stereocenters. The van der Waals surface area contributed by atoms with Gasteiger partial charge >= 0.3 is 0 Å². The number of piperazine rings is 1. The standard InChI is InChI=1S/C16H25N3O3/c1-12(20)19-9-7-18(8-10-19)6-5-15(21)13-3-4-16(22-2)14(17)11-13/h3-4,11,15,21H,5-10,17H2,1-2H3. The van der Waals surface area contributed by atoms with Gasteiger partial charge in [0.15, 0.2) is 0 Å². The van der Waals surface area contributed by atoms with Crippen LogP contribution >= 0.6 is 0 Å². The number of amides is 1. The van der Waals surface area contributed by atoms with Crippen molar-refractivity contribution in [3.05, 3.63) is 23.8 Å². The number of nitrogen functional groups attached to an aromatic ring is 1. The van der Waals surface area contributed by atoms with E-state index in [1.165, 1.54) is 0 Å². The first-order valence-electron chi connectivity index (χ1n) is 7.60. The highest BCUT2D eigenvalue weighted by Gasteiger charge is 2.19. The molecule has 1 amide bonds. The molecule has 0 spiro atoms. The second-order valence-electron chi connectivity index (χ2n) is 5.65. The lowest BCUT2D eigenvalue weighted by Gasteiger charge is -2.34. The Morgan fingerprint density at radius 3 is 2.59 bits per heavy atom. The van der Waals surface area contributed by atoms with Crippen LogP contribution < -0.4 is 10.5 Å². The third-order valence-electron chi connectivity index (χ3n) is 4.17. The molecule has 1 heterocycles. The van der Waals surface area contributed by atoms with Crippen LogP contribution in [0.3, 0.4) is 0 Å². The number of carbonyl (C=O) groups excluding carboxylic acids is 1. The minimum atomic E-state index is -0.543. The zero-order chi connectivity index (χ0) is 16.1. The van der Waals surface area contributed by atoms with E-state index in [1.807, 2.05) is 11.0 Å². The number of ether oxygens (including phenoxy) is 1. The van der Waals surface area contributed by atoms with Crippen molar-refractivity contribution in [1.29, 1.82) is 0 Å². The maximum absolute atomic E-state index is 11.3. The highest BCUT2D eigenvalue weighted by Crippen LogP contribution is 2.26. The Hall–Kier alpha value is -1.79. The molecule has 0 saturated carbocycles. The summed E-state index contributed by atoms with van der Waals surface area (Å²) < 4.78 is 5.12. The van der Waals surface area contributed by atoms with E-state index in [-0.39, 0.29) is 5.91 Å². The third-order valence-corrected chi connectivity index (χ3v) is 4.17. The minimum Gasteiger partial charge on any atom is -0.495 e. The molecule has 22 heavy (non-hydrogen) atoms. The third kappa shape index (κ3) is 4.11. The van der Waals surface area contributed by atoms with Crippen molar-refractivity contribution in [3.63, 3.8) is 0 Å². The molecule has 6 nitrogen and oxygen atoms in total. The smallest absolute Gasteiger partial charge is 0.219 e. The lowest BCUT2D eigenvalue weighted by Crippen LogP contribution is -2.48. The summed E-state index contributed by atoms with van der Waals surface area (Å²) in [5.74, 6) is 0.754. The molecule has 1 aliphatic rings. The predicted molar refractivity (Wildman–Crippen MR) is 85.7 cm³/mol. The number of methoxy groups -OCH3 is 1. The lowest BCUT2D eigenvalue weighted by molar-refractivity contribution is -0.130. The Morgan fingerprint density at radius 1 is 1.36 bits per heavy atom. The molecule has 6 heteroatoms. The van der Waals surface area contributed by atoms with Crippen molar-refractivity contribution in [1.82, 2.24) is 9.80 Å². The second-order valence-corrected chi connectivity index (χ2v) is 5.65. The Bertz CT molecular complexity index is 513. The van der Waals surface area contributed by atoms with Crippen LogP contribution in [0.25, 0.3) is 0 Å². The van der Waals surface area contributed by atoms with Crippen LogP contribution in [0.1, 0.15) is 25.0 Å². The lowest BCUT2D eigenvalue weighted by atomic mass is 10.0. The fourth-order valence-corrected chi connectivity index (χ4v) is 2.72. The number of rotatable bonds is 5. The number of nitrogens with zero attached hydrogens (tertiary/aromatic N) is 2. The van der Waals surface area contributed by atoms with Crippen LogP contribution in [0.15, 0.2) is 18.2 Å². The van der Waals surface area contributed by atoms with Gasteiger partial charge in [-0.25, -0.2) is 0 Å². The summed E-state index contributed by atoms with van der Waals surface area (Å²) in [5, 5.41) is 10.3. The molecule has 1 aromatic carbocycles. The Labute approximate surface area is 131 Å². The van der Waals surface area contributed by atoms with E-state index in [9.17, 15) is 9.90 Å².